The summed E-state index contributed by atoms with van der Waals surface area (Å²) in [6.07, 6.45) is 0. The molecule has 0 aliphatic carbocycles. The second kappa shape index (κ2) is 2.66. The number of rotatable bonds is 1. The average molecular weight is 169 g/mol. The van der Waals surface area contributed by atoms with Crippen LogP contribution in [0.15, 0.2) is 24.3 Å². The van der Waals surface area contributed by atoms with Gasteiger partial charge in [-0.05, 0) is 12.1 Å². The molecule has 1 atom stereocenters. The Morgan fingerprint density at radius 1 is 1.36 bits per heavy atom. The second-order valence-electron chi connectivity index (χ2n) is 2.15. The van der Waals surface area contributed by atoms with Gasteiger partial charge >= 0.3 is 0 Å². The fraction of sp³-hybridized carbons (Fsp3) is 0. The number of nitrogens with one attached hydrogen (secondary N) is 2. The first-order valence-corrected chi connectivity index (χ1v) is 3.66. The van der Waals surface area contributed by atoms with Crippen molar-refractivity contribution in [2.75, 3.05) is 10.6 Å². The molecule has 0 amide bonds. The molecule has 1 aromatic rings. The van der Waals surface area contributed by atoms with Crippen LogP contribution in [-0.4, -0.2) is 0 Å². The van der Waals surface area contributed by atoms with Gasteiger partial charge in [0, 0.05) is 9.47 Å². The number of anilines is 2. The number of hydrazine groups is 2. The van der Waals surface area contributed by atoms with Crippen LogP contribution in [0.2, 0.25) is 0 Å². The monoisotopic (exact) mass is 169 g/mol. The zero-order chi connectivity index (χ0) is 7.68. The molecule has 58 valence electrons. The Kier molecular flexibility index (Phi) is 1.66. The van der Waals surface area contributed by atoms with Crippen molar-refractivity contribution in [3.8, 4) is 0 Å². The molecule has 0 aromatic heterocycles. The average Bonchev–Trinajstić information content (AvgIpc) is 2.47. The highest BCUT2D eigenvalue weighted by Crippen LogP contribution is 2.28. The number of benzene rings is 1. The van der Waals surface area contributed by atoms with E-state index in [1.54, 1.807) is 0 Å². The van der Waals surface area contributed by atoms with Gasteiger partial charge in [0.1, 0.15) is 5.69 Å². The Bertz CT molecular complexity index is 268. The minimum atomic E-state index is 0.975. The van der Waals surface area contributed by atoms with Crippen LogP contribution < -0.4 is 16.1 Å². The smallest absolute Gasteiger partial charge is 0.109 e. The van der Waals surface area contributed by atoms with Gasteiger partial charge in [0.05, 0.1) is 5.69 Å². The summed E-state index contributed by atoms with van der Waals surface area (Å²) in [5, 5.41) is 1.53. The maximum atomic E-state index is 4.91. The lowest BCUT2D eigenvalue weighted by Gasteiger charge is -2.12. The van der Waals surface area contributed by atoms with Gasteiger partial charge in [-0.2, -0.15) is 5.17 Å². The lowest BCUT2D eigenvalue weighted by atomic mass is 10.3. The first-order valence-electron chi connectivity index (χ1n) is 3.19. The van der Waals surface area contributed by atoms with Gasteiger partial charge in [-0.25, -0.2) is 4.62 Å². The molecular weight excluding hydrogens is 161 g/mol. The Morgan fingerprint density at radius 2 is 2.18 bits per heavy atom. The quantitative estimate of drug-likeness (QED) is 0.616. The lowest BCUT2D eigenvalue weighted by molar-refractivity contribution is 0.299. The number of para-hydroxylation sites is 2. The van der Waals surface area contributed by atoms with E-state index in [0.717, 1.165) is 11.4 Å². The number of hydrogen-bond donors (Lipinski definition) is 2. The summed E-state index contributed by atoms with van der Waals surface area (Å²) >= 11 is 0. The minimum absolute atomic E-state index is 0.975. The summed E-state index contributed by atoms with van der Waals surface area (Å²) in [4.78, 5) is 0. The highest BCUT2D eigenvalue weighted by Gasteiger charge is 2.16. The Balaban J connectivity index is 2.39. The van der Waals surface area contributed by atoms with Crippen molar-refractivity contribution in [3.63, 3.8) is 0 Å². The van der Waals surface area contributed by atoms with Crippen LogP contribution >= 0.6 is 9.47 Å². The maximum absolute atomic E-state index is 4.91. The van der Waals surface area contributed by atoms with E-state index in [4.69, 9.17) is 4.62 Å². The first-order chi connectivity index (χ1) is 5.42. The minimum Gasteiger partial charge on any atom is -0.300 e. The second-order valence-corrected chi connectivity index (χ2v) is 2.36. The molecule has 1 unspecified atom stereocenters. The third-order valence-corrected chi connectivity index (χ3v) is 1.73. The van der Waals surface area contributed by atoms with E-state index in [1.165, 1.54) is 5.17 Å². The summed E-state index contributed by atoms with van der Waals surface area (Å²) in [5.74, 6) is 0. The Morgan fingerprint density at radius 3 is 3.00 bits per heavy atom. The SMILES string of the molecule is PON1NNc2ccccc21. The van der Waals surface area contributed by atoms with Crippen molar-refractivity contribution >= 4 is 20.8 Å². The van der Waals surface area contributed by atoms with Gasteiger partial charge in [-0.1, -0.05) is 12.1 Å². The molecule has 0 bridgehead atoms. The zero-order valence-corrected chi connectivity index (χ0v) is 6.90. The molecule has 4 nitrogen and oxygen atoms in total. The highest BCUT2D eigenvalue weighted by atomic mass is 31.0. The Labute approximate surface area is 66.7 Å². The van der Waals surface area contributed by atoms with E-state index in [2.05, 4.69) is 20.4 Å². The van der Waals surface area contributed by atoms with E-state index in [1.807, 2.05) is 24.3 Å². The Hall–Kier alpha value is -0.830. The van der Waals surface area contributed by atoms with Crippen molar-refractivity contribution < 1.29 is 4.62 Å². The normalized spacial score (nSPS) is 14.5. The standard InChI is InChI=1S/C6H8N3OP/c11-10-9-6-4-2-1-3-5(6)7-8-9/h1-4,7-8H,11H2. The zero-order valence-electron chi connectivity index (χ0n) is 5.74. The van der Waals surface area contributed by atoms with E-state index in [9.17, 15) is 0 Å². The number of fused-ring (bicyclic) bond motifs is 1. The summed E-state index contributed by atoms with van der Waals surface area (Å²) in [7, 11) is 2.17. The molecule has 0 saturated carbocycles. The van der Waals surface area contributed by atoms with E-state index in [0.29, 0.717) is 0 Å². The summed E-state index contributed by atoms with van der Waals surface area (Å²) in [6, 6.07) is 7.82. The maximum Gasteiger partial charge on any atom is 0.109 e. The molecule has 2 rings (SSSR count). The predicted molar refractivity (Wildman–Crippen MR) is 46.5 cm³/mol. The molecule has 0 fully saturated rings. The van der Waals surface area contributed by atoms with E-state index < -0.39 is 0 Å². The van der Waals surface area contributed by atoms with E-state index in [-0.39, 0.29) is 0 Å². The molecule has 0 spiro atoms. The molecular formula is C6H8N3OP. The third-order valence-electron chi connectivity index (χ3n) is 1.52. The molecule has 2 N–H and O–H groups in total. The largest absolute Gasteiger partial charge is 0.300 e. The van der Waals surface area contributed by atoms with Gasteiger partial charge in [-0.15, -0.1) is 5.53 Å². The van der Waals surface area contributed by atoms with E-state index >= 15 is 0 Å². The van der Waals surface area contributed by atoms with Gasteiger partial charge < -0.3 is 0 Å². The molecule has 1 aromatic carbocycles. The van der Waals surface area contributed by atoms with Crippen molar-refractivity contribution in [2.24, 2.45) is 0 Å². The topological polar surface area (TPSA) is 36.5 Å². The highest BCUT2D eigenvalue weighted by molar-refractivity contribution is 7.09. The predicted octanol–water partition coefficient (Wildman–Crippen LogP) is 1.06. The van der Waals surface area contributed by atoms with Crippen LogP contribution in [-0.2, 0) is 4.62 Å². The number of hydrogen-bond acceptors (Lipinski definition) is 4. The van der Waals surface area contributed by atoms with Crippen LogP contribution in [0, 0.1) is 0 Å². The van der Waals surface area contributed by atoms with Crippen LogP contribution in [0.3, 0.4) is 0 Å². The van der Waals surface area contributed by atoms with Crippen LogP contribution in [0.4, 0.5) is 11.4 Å². The molecule has 0 saturated heterocycles. The third kappa shape index (κ3) is 1.05. The van der Waals surface area contributed by atoms with Crippen LogP contribution in [0.25, 0.3) is 0 Å². The van der Waals surface area contributed by atoms with Crippen molar-refractivity contribution in [1.82, 2.24) is 5.53 Å². The van der Waals surface area contributed by atoms with Crippen LogP contribution in [0.5, 0.6) is 0 Å². The molecule has 1 aliphatic rings. The molecule has 0 radical (unpaired) electrons. The molecule has 5 heteroatoms. The van der Waals surface area contributed by atoms with Gasteiger partial charge in [0.15, 0.2) is 0 Å². The molecule has 1 aliphatic heterocycles. The van der Waals surface area contributed by atoms with Crippen molar-refractivity contribution in [3.05, 3.63) is 24.3 Å². The van der Waals surface area contributed by atoms with Crippen LogP contribution in [0.1, 0.15) is 0 Å². The van der Waals surface area contributed by atoms with Gasteiger partial charge in [-0.3, -0.25) is 5.43 Å². The fourth-order valence-electron chi connectivity index (χ4n) is 1.01. The molecule has 1 heterocycles. The summed E-state index contributed by atoms with van der Waals surface area (Å²) in [6.45, 7) is 0. The number of nitrogens with zero attached hydrogens (tertiary/aromatic N) is 1. The van der Waals surface area contributed by atoms with Crippen molar-refractivity contribution in [2.45, 2.75) is 0 Å². The van der Waals surface area contributed by atoms with Crippen molar-refractivity contribution in [1.29, 1.82) is 0 Å². The first kappa shape index (κ1) is 6.85. The molecule has 11 heavy (non-hydrogen) atoms. The van der Waals surface area contributed by atoms with Gasteiger partial charge in [0.2, 0.25) is 0 Å². The lowest BCUT2D eigenvalue weighted by Crippen LogP contribution is -2.33. The summed E-state index contributed by atoms with van der Waals surface area (Å²) in [5.41, 5.74) is 7.73. The van der Waals surface area contributed by atoms with Gasteiger partial charge in [0.25, 0.3) is 0 Å². The summed E-state index contributed by atoms with van der Waals surface area (Å²) < 4.78 is 4.91. The fourth-order valence-corrected chi connectivity index (χ4v) is 1.18.